The van der Waals surface area contributed by atoms with Gasteiger partial charge in [-0.15, -0.1) is 0 Å². The fraction of sp³-hybridized carbons (Fsp3) is 0.632. The van der Waals surface area contributed by atoms with E-state index >= 15 is 0 Å². The second-order valence-corrected chi connectivity index (χ2v) is 8.63. The minimum absolute atomic E-state index is 0.00208. The first-order valence-electron chi connectivity index (χ1n) is 9.41. The van der Waals surface area contributed by atoms with Gasteiger partial charge in [-0.3, -0.25) is 4.79 Å². The van der Waals surface area contributed by atoms with E-state index in [2.05, 4.69) is 10.0 Å². The van der Waals surface area contributed by atoms with Crippen LogP contribution in [-0.4, -0.2) is 20.9 Å². The Morgan fingerprint density at radius 3 is 2.44 bits per heavy atom. The van der Waals surface area contributed by atoms with E-state index in [-0.39, 0.29) is 10.8 Å². The van der Waals surface area contributed by atoms with Crippen LogP contribution in [0.15, 0.2) is 29.2 Å². The molecule has 1 saturated carbocycles. The molecule has 1 amide bonds. The van der Waals surface area contributed by atoms with Gasteiger partial charge in [0, 0.05) is 18.7 Å². The Hall–Kier alpha value is -1.40. The van der Waals surface area contributed by atoms with Crippen molar-refractivity contribution in [2.45, 2.75) is 69.6 Å². The summed E-state index contributed by atoms with van der Waals surface area (Å²) in [6.45, 7) is 2.46. The summed E-state index contributed by atoms with van der Waals surface area (Å²) in [5.74, 6) is 0.684. The van der Waals surface area contributed by atoms with Gasteiger partial charge in [0.2, 0.25) is 15.9 Å². The first kappa shape index (κ1) is 19.9. The monoisotopic (exact) mass is 366 g/mol. The molecule has 140 valence electrons. The minimum Gasteiger partial charge on any atom is -0.326 e. The summed E-state index contributed by atoms with van der Waals surface area (Å²) in [5, 5.41) is 2.86. The molecule has 0 heterocycles. The molecule has 25 heavy (non-hydrogen) atoms. The maximum Gasteiger partial charge on any atom is 0.240 e. The number of sulfonamides is 1. The zero-order chi connectivity index (χ0) is 18.1. The molecule has 5 nitrogen and oxygen atoms in total. The number of benzene rings is 1. The summed E-state index contributed by atoms with van der Waals surface area (Å²) in [7, 11) is -3.47. The zero-order valence-electron chi connectivity index (χ0n) is 15.1. The number of unbranched alkanes of at least 4 members (excludes halogenated alkanes) is 1. The molecule has 0 aliphatic heterocycles. The quantitative estimate of drug-likeness (QED) is 0.647. The molecular weight excluding hydrogens is 336 g/mol. The van der Waals surface area contributed by atoms with Crippen LogP contribution in [0.4, 0.5) is 5.69 Å². The first-order valence-corrected chi connectivity index (χ1v) is 10.9. The number of carbonyl (C=O) groups excluding carboxylic acids is 1. The van der Waals surface area contributed by atoms with Crippen LogP contribution in [0.1, 0.15) is 64.7 Å². The van der Waals surface area contributed by atoms with Crippen LogP contribution >= 0.6 is 0 Å². The molecule has 2 rings (SSSR count). The van der Waals surface area contributed by atoms with Crippen LogP contribution in [0, 0.1) is 5.92 Å². The average molecular weight is 367 g/mol. The van der Waals surface area contributed by atoms with Crippen molar-refractivity contribution >= 4 is 21.6 Å². The van der Waals surface area contributed by atoms with Gasteiger partial charge in [-0.05, 0) is 43.0 Å². The molecule has 0 saturated heterocycles. The number of hydrogen-bond acceptors (Lipinski definition) is 3. The number of hydrogen-bond donors (Lipinski definition) is 2. The van der Waals surface area contributed by atoms with E-state index in [1.807, 2.05) is 6.92 Å². The number of nitrogens with one attached hydrogen (secondary N) is 2. The van der Waals surface area contributed by atoms with Gasteiger partial charge in [-0.1, -0.05) is 45.4 Å². The predicted molar refractivity (Wildman–Crippen MR) is 101 cm³/mol. The lowest BCUT2D eigenvalue weighted by molar-refractivity contribution is -0.116. The molecule has 0 aromatic heterocycles. The van der Waals surface area contributed by atoms with Crippen LogP contribution in [0.25, 0.3) is 0 Å². The van der Waals surface area contributed by atoms with Crippen molar-refractivity contribution in [1.82, 2.24) is 4.72 Å². The molecule has 1 fully saturated rings. The lowest BCUT2D eigenvalue weighted by Gasteiger charge is -2.21. The van der Waals surface area contributed by atoms with Gasteiger partial charge >= 0.3 is 0 Å². The van der Waals surface area contributed by atoms with Crippen molar-refractivity contribution in [2.24, 2.45) is 5.92 Å². The largest absolute Gasteiger partial charge is 0.326 e. The van der Waals surface area contributed by atoms with Gasteiger partial charge in [0.25, 0.3) is 0 Å². The van der Waals surface area contributed by atoms with Gasteiger partial charge in [-0.2, -0.15) is 0 Å². The average Bonchev–Trinajstić information content (AvgIpc) is 2.61. The topological polar surface area (TPSA) is 75.3 Å². The third-order valence-electron chi connectivity index (χ3n) is 4.78. The highest BCUT2D eigenvalue weighted by Gasteiger charge is 2.16. The van der Waals surface area contributed by atoms with Crippen molar-refractivity contribution in [3.63, 3.8) is 0 Å². The molecular formula is C19H30N2O3S. The minimum atomic E-state index is -3.47. The Labute approximate surface area is 151 Å². The second-order valence-electron chi connectivity index (χ2n) is 6.87. The summed E-state index contributed by atoms with van der Waals surface area (Å²) < 4.78 is 26.8. The molecule has 1 aromatic carbocycles. The Bertz CT molecular complexity index is 635. The summed E-state index contributed by atoms with van der Waals surface area (Å²) in [6, 6.07) is 6.36. The van der Waals surface area contributed by atoms with Crippen molar-refractivity contribution in [1.29, 1.82) is 0 Å². The fourth-order valence-corrected chi connectivity index (χ4v) is 4.29. The molecule has 0 radical (unpaired) electrons. The Morgan fingerprint density at radius 2 is 1.80 bits per heavy atom. The maximum absolute atomic E-state index is 12.1. The van der Waals surface area contributed by atoms with Gasteiger partial charge in [0.15, 0.2) is 0 Å². The highest BCUT2D eigenvalue weighted by molar-refractivity contribution is 7.89. The zero-order valence-corrected chi connectivity index (χ0v) is 15.9. The van der Waals surface area contributed by atoms with Gasteiger partial charge in [-0.25, -0.2) is 13.1 Å². The molecule has 6 heteroatoms. The number of rotatable bonds is 9. The molecule has 2 N–H and O–H groups in total. The SMILES string of the molecule is CCCCNS(=O)(=O)c1ccc(NC(=O)CCC2CCCCC2)cc1. The van der Waals surface area contributed by atoms with E-state index in [4.69, 9.17) is 0 Å². The van der Waals surface area contributed by atoms with E-state index < -0.39 is 10.0 Å². The van der Waals surface area contributed by atoms with E-state index in [0.29, 0.717) is 24.6 Å². The summed E-state index contributed by atoms with van der Waals surface area (Å²) >= 11 is 0. The van der Waals surface area contributed by atoms with Gasteiger partial charge in [0.05, 0.1) is 4.90 Å². The number of amides is 1. The molecule has 0 atom stereocenters. The van der Waals surface area contributed by atoms with E-state index in [9.17, 15) is 13.2 Å². The Kier molecular flexibility index (Phi) is 7.90. The van der Waals surface area contributed by atoms with Crippen LogP contribution < -0.4 is 10.0 Å². The fourth-order valence-electron chi connectivity index (χ4n) is 3.22. The molecule has 0 unspecified atom stereocenters. The second kappa shape index (κ2) is 9.92. The van der Waals surface area contributed by atoms with Crippen molar-refractivity contribution in [3.05, 3.63) is 24.3 Å². The normalized spacial score (nSPS) is 15.9. The molecule has 1 aliphatic rings. The highest BCUT2D eigenvalue weighted by Crippen LogP contribution is 2.27. The molecule has 0 bridgehead atoms. The Balaban J connectivity index is 1.81. The van der Waals surface area contributed by atoms with Crippen LogP contribution in [-0.2, 0) is 14.8 Å². The Morgan fingerprint density at radius 1 is 1.12 bits per heavy atom. The lowest BCUT2D eigenvalue weighted by atomic mass is 9.86. The van der Waals surface area contributed by atoms with E-state index in [1.165, 1.54) is 44.2 Å². The van der Waals surface area contributed by atoms with Gasteiger partial charge < -0.3 is 5.32 Å². The number of anilines is 1. The van der Waals surface area contributed by atoms with Crippen LogP contribution in [0.5, 0.6) is 0 Å². The lowest BCUT2D eigenvalue weighted by Crippen LogP contribution is -2.24. The third kappa shape index (κ3) is 6.78. The van der Waals surface area contributed by atoms with Crippen LogP contribution in [0.3, 0.4) is 0 Å². The smallest absolute Gasteiger partial charge is 0.240 e. The first-order chi connectivity index (χ1) is 12.0. The molecule has 0 spiro atoms. The maximum atomic E-state index is 12.1. The summed E-state index contributed by atoms with van der Waals surface area (Å²) in [5.41, 5.74) is 0.640. The van der Waals surface area contributed by atoms with Crippen molar-refractivity contribution < 1.29 is 13.2 Å². The van der Waals surface area contributed by atoms with E-state index in [0.717, 1.165) is 19.3 Å². The van der Waals surface area contributed by atoms with Crippen molar-refractivity contribution in [3.8, 4) is 0 Å². The van der Waals surface area contributed by atoms with E-state index in [1.54, 1.807) is 12.1 Å². The van der Waals surface area contributed by atoms with Gasteiger partial charge in [0.1, 0.15) is 0 Å². The summed E-state index contributed by atoms with van der Waals surface area (Å²) in [4.78, 5) is 12.3. The molecule has 1 aliphatic carbocycles. The molecule has 1 aromatic rings. The van der Waals surface area contributed by atoms with Crippen molar-refractivity contribution in [2.75, 3.05) is 11.9 Å². The standard InChI is InChI=1S/C19H30N2O3S/c1-2-3-15-20-25(23,24)18-12-10-17(11-13-18)21-19(22)14-9-16-7-5-4-6-8-16/h10-13,16,20H,2-9,14-15H2,1H3,(H,21,22). The van der Waals surface area contributed by atoms with Crippen LogP contribution in [0.2, 0.25) is 0 Å². The highest BCUT2D eigenvalue weighted by atomic mass is 32.2. The summed E-state index contributed by atoms with van der Waals surface area (Å²) in [6.07, 6.45) is 9.61. The predicted octanol–water partition coefficient (Wildman–Crippen LogP) is 4.06. The number of carbonyl (C=O) groups is 1. The third-order valence-corrected chi connectivity index (χ3v) is 6.25.